The fraction of sp³-hybridized carbons (Fsp3) is 0.105. The standard InChI is InChI=1S/C19H17N5O3/c1-27-18(26)13-5-4-7-14(11-13)23-19-21-10-8-16(24-19)17(25)22-12-15-6-2-3-9-20-15/h2-11H,12H2,1H3,(H,22,25)(H,21,23,24). The quantitative estimate of drug-likeness (QED) is 0.647. The van der Waals surface area contributed by atoms with Crippen LogP contribution in [0.25, 0.3) is 0 Å². The predicted octanol–water partition coefficient (Wildman–Crippen LogP) is 2.33. The smallest absolute Gasteiger partial charge is 0.337 e. The van der Waals surface area contributed by atoms with Gasteiger partial charge in [0.2, 0.25) is 5.95 Å². The third-order valence-corrected chi connectivity index (χ3v) is 3.58. The summed E-state index contributed by atoms with van der Waals surface area (Å²) >= 11 is 0. The zero-order valence-corrected chi connectivity index (χ0v) is 14.5. The van der Waals surface area contributed by atoms with Crippen molar-refractivity contribution in [3.05, 3.63) is 77.9 Å². The fourth-order valence-electron chi connectivity index (χ4n) is 2.28. The lowest BCUT2D eigenvalue weighted by Crippen LogP contribution is -2.24. The number of nitrogens with zero attached hydrogens (tertiary/aromatic N) is 3. The Morgan fingerprint density at radius 1 is 1.04 bits per heavy atom. The second-order valence-corrected chi connectivity index (χ2v) is 5.47. The number of rotatable bonds is 6. The molecule has 0 unspecified atom stereocenters. The van der Waals surface area contributed by atoms with Crippen LogP contribution >= 0.6 is 0 Å². The highest BCUT2D eigenvalue weighted by Gasteiger charge is 2.10. The highest BCUT2D eigenvalue weighted by atomic mass is 16.5. The minimum atomic E-state index is -0.442. The van der Waals surface area contributed by atoms with Crippen molar-refractivity contribution >= 4 is 23.5 Å². The van der Waals surface area contributed by atoms with Gasteiger partial charge in [0.1, 0.15) is 5.69 Å². The Kier molecular flexibility index (Phi) is 5.68. The number of anilines is 2. The third kappa shape index (κ3) is 4.85. The number of pyridine rings is 1. The Balaban J connectivity index is 1.68. The molecule has 0 aliphatic heterocycles. The molecule has 1 amide bonds. The summed E-state index contributed by atoms with van der Waals surface area (Å²) in [5.74, 6) is -0.542. The van der Waals surface area contributed by atoms with E-state index in [1.807, 2.05) is 18.2 Å². The Hall–Kier alpha value is -3.81. The Labute approximate surface area is 155 Å². The van der Waals surface area contributed by atoms with Gasteiger partial charge < -0.3 is 15.4 Å². The van der Waals surface area contributed by atoms with Gasteiger partial charge in [0.25, 0.3) is 5.91 Å². The topological polar surface area (TPSA) is 106 Å². The maximum atomic E-state index is 12.3. The van der Waals surface area contributed by atoms with Crippen molar-refractivity contribution in [2.75, 3.05) is 12.4 Å². The van der Waals surface area contributed by atoms with Crippen molar-refractivity contribution in [2.45, 2.75) is 6.54 Å². The molecule has 2 heterocycles. The molecule has 1 aromatic carbocycles. The molecule has 0 atom stereocenters. The van der Waals surface area contributed by atoms with E-state index in [2.05, 4.69) is 25.6 Å². The average Bonchev–Trinajstić information content (AvgIpc) is 2.72. The maximum Gasteiger partial charge on any atom is 0.337 e. The summed E-state index contributed by atoms with van der Waals surface area (Å²) in [6.45, 7) is 0.299. The van der Waals surface area contributed by atoms with Gasteiger partial charge in [-0.1, -0.05) is 12.1 Å². The van der Waals surface area contributed by atoms with E-state index in [1.54, 1.807) is 30.5 Å². The van der Waals surface area contributed by atoms with E-state index in [1.165, 1.54) is 19.4 Å². The van der Waals surface area contributed by atoms with E-state index in [0.29, 0.717) is 17.8 Å². The van der Waals surface area contributed by atoms with Crippen molar-refractivity contribution < 1.29 is 14.3 Å². The summed E-state index contributed by atoms with van der Waals surface area (Å²) in [4.78, 5) is 36.4. The lowest BCUT2D eigenvalue weighted by molar-refractivity contribution is 0.0600. The molecule has 0 saturated heterocycles. The van der Waals surface area contributed by atoms with Gasteiger partial charge >= 0.3 is 5.97 Å². The van der Waals surface area contributed by atoms with Crippen molar-refractivity contribution in [1.82, 2.24) is 20.3 Å². The second-order valence-electron chi connectivity index (χ2n) is 5.47. The monoisotopic (exact) mass is 363 g/mol. The Morgan fingerprint density at radius 2 is 1.93 bits per heavy atom. The highest BCUT2D eigenvalue weighted by Crippen LogP contribution is 2.15. The maximum absolute atomic E-state index is 12.3. The number of benzene rings is 1. The molecule has 0 aliphatic rings. The largest absolute Gasteiger partial charge is 0.465 e. The molecule has 2 N–H and O–H groups in total. The lowest BCUT2D eigenvalue weighted by atomic mass is 10.2. The van der Waals surface area contributed by atoms with Gasteiger partial charge in [0, 0.05) is 18.1 Å². The van der Waals surface area contributed by atoms with Crippen LogP contribution in [0.1, 0.15) is 26.5 Å². The molecular formula is C19H17N5O3. The first kappa shape index (κ1) is 18.0. The van der Waals surface area contributed by atoms with Crippen LogP contribution in [0.4, 0.5) is 11.6 Å². The molecule has 2 aromatic heterocycles. The number of hydrogen-bond acceptors (Lipinski definition) is 7. The lowest BCUT2D eigenvalue weighted by Gasteiger charge is -2.08. The number of esters is 1. The molecule has 0 spiro atoms. The number of hydrogen-bond donors (Lipinski definition) is 2. The van der Waals surface area contributed by atoms with E-state index in [-0.39, 0.29) is 17.5 Å². The van der Waals surface area contributed by atoms with Crippen LogP contribution in [-0.4, -0.2) is 33.9 Å². The van der Waals surface area contributed by atoms with Gasteiger partial charge in [-0.3, -0.25) is 9.78 Å². The Morgan fingerprint density at radius 3 is 2.70 bits per heavy atom. The van der Waals surface area contributed by atoms with Gasteiger partial charge in [-0.2, -0.15) is 0 Å². The fourth-order valence-corrected chi connectivity index (χ4v) is 2.28. The summed E-state index contributed by atoms with van der Waals surface area (Å²) in [5.41, 5.74) is 1.96. The van der Waals surface area contributed by atoms with Crippen LogP contribution in [0.2, 0.25) is 0 Å². The first-order valence-electron chi connectivity index (χ1n) is 8.12. The minimum absolute atomic E-state index is 0.215. The summed E-state index contributed by atoms with van der Waals surface area (Å²) in [7, 11) is 1.32. The summed E-state index contributed by atoms with van der Waals surface area (Å²) in [6.07, 6.45) is 3.14. The van der Waals surface area contributed by atoms with E-state index in [9.17, 15) is 9.59 Å². The highest BCUT2D eigenvalue weighted by molar-refractivity contribution is 5.92. The van der Waals surface area contributed by atoms with Gasteiger partial charge in [-0.25, -0.2) is 14.8 Å². The molecule has 0 fully saturated rings. The van der Waals surface area contributed by atoms with Gasteiger partial charge in [-0.05, 0) is 36.4 Å². The molecule has 3 rings (SSSR count). The van der Waals surface area contributed by atoms with E-state index in [0.717, 1.165) is 5.69 Å². The molecule has 8 heteroatoms. The van der Waals surface area contributed by atoms with Crippen LogP contribution in [0.5, 0.6) is 0 Å². The Bertz CT molecular complexity index is 947. The van der Waals surface area contributed by atoms with Gasteiger partial charge in [0.05, 0.1) is 24.9 Å². The van der Waals surface area contributed by atoms with Crippen LogP contribution in [0, 0.1) is 0 Å². The predicted molar refractivity (Wildman–Crippen MR) is 98.5 cm³/mol. The molecule has 0 radical (unpaired) electrons. The second kappa shape index (κ2) is 8.52. The van der Waals surface area contributed by atoms with E-state index < -0.39 is 5.97 Å². The van der Waals surface area contributed by atoms with Crippen molar-refractivity contribution in [2.24, 2.45) is 0 Å². The molecule has 0 saturated carbocycles. The van der Waals surface area contributed by atoms with Crippen LogP contribution in [0.3, 0.4) is 0 Å². The molecule has 0 bridgehead atoms. The normalized spacial score (nSPS) is 10.1. The van der Waals surface area contributed by atoms with E-state index >= 15 is 0 Å². The summed E-state index contributed by atoms with van der Waals surface area (Å²) < 4.78 is 4.70. The van der Waals surface area contributed by atoms with Crippen molar-refractivity contribution in [3.8, 4) is 0 Å². The number of methoxy groups -OCH3 is 1. The number of carbonyl (C=O) groups excluding carboxylic acids is 2. The third-order valence-electron chi connectivity index (χ3n) is 3.58. The number of nitrogens with one attached hydrogen (secondary N) is 2. The van der Waals surface area contributed by atoms with E-state index in [4.69, 9.17) is 4.74 Å². The van der Waals surface area contributed by atoms with Crippen LogP contribution < -0.4 is 10.6 Å². The zero-order chi connectivity index (χ0) is 19.1. The van der Waals surface area contributed by atoms with Gasteiger partial charge in [-0.15, -0.1) is 0 Å². The zero-order valence-electron chi connectivity index (χ0n) is 14.5. The molecule has 3 aromatic rings. The molecule has 27 heavy (non-hydrogen) atoms. The molecular weight excluding hydrogens is 346 g/mol. The number of carbonyl (C=O) groups is 2. The molecule has 0 aliphatic carbocycles. The van der Waals surface area contributed by atoms with Crippen molar-refractivity contribution in [1.29, 1.82) is 0 Å². The van der Waals surface area contributed by atoms with Crippen LogP contribution in [0.15, 0.2) is 60.9 Å². The number of ether oxygens (including phenoxy) is 1. The average molecular weight is 363 g/mol. The number of amides is 1. The first-order chi connectivity index (χ1) is 13.2. The minimum Gasteiger partial charge on any atom is -0.465 e. The summed E-state index contributed by atoms with van der Waals surface area (Å²) in [6, 6.07) is 13.7. The SMILES string of the molecule is COC(=O)c1cccc(Nc2nccc(C(=O)NCc3ccccn3)n2)c1. The van der Waals surface area contributed by atoms with Gasteiger partial charge in [0.15, 0.2) is 0 Å². The van der Waals surface area contributed by atoms with Crippen LogP contribution in [-0.2, 0) is 11.3 Å². The van der Waals surface area contributed by atoms with Crippen molar-refractivity contribution in [3.63, 3.8) is 0 Å². The number of aromatic nitrogens is 3. The summed E-state index contributed by atoms with van der Waals surface area (Å²) in [5, 5.41) is 5.73. The molecule has 136 valence electrons. The molecule has 8 nitrogen and oxygen atoms in total. The first-order valence-corrected chi connectivity index (χ1v) is 8.12.